The number of hydrogen-bond donors (Lipinski definition) is 1. The van der Waals surface area contributed by atoms with Crippen molar-refractivity contribution in [2.24, 2.45) is 0 Å². The van der Waals surface area contributed by atoms with Gasteiger partial charge in [0.25, 0.3) is 0 Å². The Labute approximate surface area is 55.8 Å². The summed E-state index contributed by atoms with van der Waals surface area (Å²) in [6.07, 6.45) is 3.80. The van der Waals surface area contributed by atoms with Gasteiger partial charge >= 0.3 is 0 Å². The van der Waals surface area contributed by atoms with E-state index in [4.69, 9.17) is 0 Å². The van der Waals surface area contributed by atoms with Crippen LogP contribution in [0.2, 0.25) is 0 Å². The standard InChI is InChI=1S/C8H11N/c1-3-4-8-6-9-5-7(8)2/h3-4,9H,1-2,5-6H2/b8-4-. The third-order valence-electron chi connectivity index (χ3n) is 1.43. The van der Waals surface area contributed by atoms with Crippen molar-refractivity contribution < 1.29 is 0 Å². The van der Waals surface area contributed by atoms with Crippen LogP contribution >= 0.6 is 0 Å². The molecule has 0 amide bonds. The number of hydrogen-bond acceptors (Lipinski definition) is 1. The summed E-state index contributed by atoms with van der Waals surface area (Å²) in [4.78, 5) is 0. The molecule has 1 heterocycles. The molecule has 0 aromatic rings. The highest BCUT2D eigenvalue weighted by Crippen LogP contribution is 2.10. The largest absolute Gasteiger partial charge is 0.309 e. The Morgan fingerprint density at radius 3 is 2.67 bits per heavy atom. The molecule has 1 fully saturated rings. The summed E-state index contributed by atoms with van der Waals surface area (Å²) in [6.45, 7) is 9.37. The lowest BCUT2D eigenvalue weighted by Crippen LogP contribution is -2.04. The van der Waals surface area contributed by atoms with Crippen LogP contribution in [0.25, 0.3) is 0 Å². The van der Waals surface area contributed by atoms with E-state index in [2.05, 4.69) is 18.5 Å². The lowest BCUT2D eigenvalue weighted by atomic mass is 10.1. The maximum absolute atomic E-state index is 3.88. The molecule has 0 saturated carbocycles. The Balaban J connectivity index is 2.69. The SMILES string of the molecule is C=C/C=C1/CNCC1=C. The Bertz CT molecular complexity index is 165. The first kappa shape index (κ1) is 6.30. The average Bonchev–Trinajstić information content (AvgIpc) is 2.18. The van der Waals surface area contributed by atoms with E-state index in [1.165, 1.54) is 11.1 Å². The van der Waals surface area contributed by atoms with Gasteiger partial charge in [0.1, 0.15) is 0 Å². The summed E-state index contributed by atoms with van der Waals surface area (Å²) >= 11 is 0. The normalized spacial score (nSPS) is 23.1. The first-order chi connectivity index (χ1) is 4.34. The molecular weight excluding hydrogens is 110 g/mol. The van der Waals surface area contributed by atoms with E-state index >= 15 is 0 Å². The van der Waals surface area contributed by atoms with Gasteiger partial charge in [-0.25, -0.2) is 0 Å². The van der Waals surface area contributed by atoms with Gasteiger partial charge in [-0.05, 0) is 11.1 Å². The molecule has 1 nitrogen and oxygen atoms in total. The first-order valence-electron chi connectivity index (χ1n) is 3.05. The number of allylic oxidation sites excluding steroid dienone is 2. The van der Waals surface area contributed by atoms with E-state index in [0.29, 0.717) is 0 Å². The minimum absolute atomic E-state index is 0.930. The quantitative estimate of drug-likeness (QED) is 0.550. The minimum Gasteiger partial charge on any atom is -0.309 e. The average molecular weight is 121 g/mol. The molecular formula is C8H11N. The van der Waals surface area contributed by atoms with Crippen LogP contribution in [0.5, 0.6) is 0 Å². The minimum atomic E-state index is 0.930. The number of nitrogens with one attached hydrogen (secondary N) is 1. The van der Waals surface area contributed by atoms with Crippen LogP contribution in [-0.2, 0) is 0 Å². The predicted octanol–water partition coefficient (Wildman–Crippen LogP) is 1.26. The summed E-state index contributed by atoms with van der Waals surface area (Å²) in [6, 6.07) is 0. The van der Waals surface area contributed by atoms with Gasteiger partial charge in [0.2, 0.25) is 0 Å². The van der Waals surface area contributed by atoms with Crippen LogP contribution in [-0.4, -0.2) is 13.1 Å². The van der Waals surface area contributed by atoms with Gasteiger partial charge in [0.05, 0.1) is 0 Å². The van der Waals surface area contributed by atoms with Crippen LogP contribution < -0.4 is 5.32 Å². The van der Waals surface area contributed by atoms with Crippen molar-refractivity contribution in [3.63, 3.8) is 0 Å². The van der Waals surface area contributed by atoms with E-state index in [-0.39, 0.29) is 0 Å². The van der Waals surface area contributed by atoms with Gasteiger partial charge < -0.3 is 5.32 Å². The fraction of sp³-hybridized carbons (Fsp3) is 0.250. The molecule has 1 rings (SSSR count). The van der Waals surface area contributed by atoms with Gasteiger partial charge in [-0.2, -0.15) is 0 Å². The maximum atomic E-state index is 3.88. The summed E-state index contributed by atoms with van der Waals surface area (Å²) in [5.41, 5.74) is 2.47. The highest BCUT2D eigenvalue weighted by Gasteiger charge is 2.07. The third kappa shape index (κ3) is 1.30. The third-order valence-corrected chi connectivity index (χ3v) is 1.43. The van der Waals surface area contributed by atoms with Gasteiger partial charge in [-0.1, -0.05) is 25.3 Å². The second-order valence-corrected chi connectivity index (χ2v) is 2.13. The molecule has 1 aliphatic heterocycles. The molecule has 1 aliphatic rings. The van der Waals surface area contributed by atoms with Crippen LogP contribution in [0.15, 0.2) is 36.5 Å². The topological polar surface area (TPSA) is 12.0 Å². The molecule has 0 aliphatic carbocycles. The van der Waals surface area contributed by atoms with Crippen molar-refractivity contribution in [1.82, 2.24) is 5.32 Å². The molecule has 9 heavy (non-hydrogen) atoms. The smallest absolute Gasteiger partial charge is 0.0211 e. The van der Waals surface area contributed by atoms with E-state index in [9.17, 15) is 0 Å². The molecule has 0 bridgehead atoms. The van der Waals surface area contributed by atoms with Crippen molar-refractivity contribution in [2.45, 2.75) is 0 Å². The molecule has 1 heteroatoms. The second-order valence-electron chi connectivity index (χ2n) is 2.13. The lowest BCUT2D eigenvalue weighted by molar-refractivity contribution is 0.895. The van der Waals surface area contributed by atoms with Crippen LogP contribution in [0.4, 0.5) is 0 Å². The monoisotopic (exact) mass is 121 g/mol. The maximum Gasteiger partial charge on any atom is 0.0211 e. The fourth-order valence-corrected chi connectivity index (χ4v) is 0.906. The van der Waals surface area contributed by atoms with Crippen molar-refractivity contribution >= 4 is 0 Å². The first-order valence-corrected chi connectivity index (χ1v) is 3.05. The van der Waals surface area contributed by atoms with Crippen molar-refractivity contribution in [3.05, 3.63) is 36.5 Å². The molecule has 0 aromatic carbocycles. The van der Waals surface area contributed by atoms with Crippen molar-refractivity contribution in [3.8, 4) is 0 Å². The molecule has 1 N–H and O–H groups in total. The zero-order valence-electron chi connectivity index (χ0n) is 5.48. The Morgan fingerprint density at radius 2 is 2.22 bits per heavy atom. The van der Waals surface area contributed by atoms with Gasteiger partial charge in [-0.3, -0.25) is 0 Å². The molecule has 0 atom stereocenters. The summed E-state index contributed by atoms with van der Waals surface area (Å²) in [7, 11) is 0. The molecule has 0 unspecified atom stereocenters. The Morgan fingerprint density at radius 1 is 1.44 bits per heavy atom. The molecule has 48 valence electrons. The predicted molar refractivity (Wildman–Crippen MR) is 40.3 cm³/mol. The molecule has 0 radical (unpaired) electrons. The van der Waals surface area contributed by atoms with E-state index in [1.54, 1.807) is 6.08 Å². The van der Waals surface area contributed by atoms with E-state index < -0.39 is 0 Å². The van der Waals surface area contributed by atoms with Crippen LogP contribution in [0.1, 0.15) is 0 Å². The van der Waals surface area contributed by atoms with Gasteiger partial charge in [-0.15, -0.1) is 0 Å². The molecule has 1 saturated heterocycles. The van der Waals surface area contributed by atoms with Crippen molar-refractivity contribution in [2.75, 3.05) is 13.1 Å². The van der Waals surface area contributed by atoms with Crippen LogP contribution in [0.3, 0.4) is 0 Å². The zero-order chi connectivity index (χ0) is 6.69. The van der Waals surface area contributed by atoms with Gasteiger partial charge in [0.15, 0.2) is 0 Å². The van der Waals surface area contributed by atoms with Gasteiger partial charge in [0, 0.05) is 13.1 Å². The Kier molecular flexibility index (Phi) is 1.85. The Hall–Kier alpha value is -0.820. The number of rotatable bonds is 1. The highest BCUT2D eigenvalue weighted by molar-refractivity contribution is 5.37. The van der Waals surface area contributed by atoms with Crippen LogP contribution in [0, 0.1) is 0 Å². The summed E-state index contributed by atoms with van der Waals surface area (Å²) in [5.74, 6) is 0. The lowest BCUT2D eigenvalue weighted by Gasteiger charge is -1.90. The van der Waals surface area contributed by atoms with E-state index in [1.807, 2.05) is 6.08 Å². The van der Waals surface area contributed by atoms with Crippen molar-refractivity contribution in [1.29, 1.82) is 0 Å². The zero-order valence-corrected chi connectivity index (χ0v) is 5.48. The second kappa shape index (κ2) is 2.65. The van der Waals surface area contributed by atoms with E-state index in [0.717, 1.165) is 13.1 Å². The summed E-state index contributed by atoms with van der Waals surface area (Å²) < 4.78 is 0. The molecule has 0 spiro atoms. The molecule has 0 aromatic heterocycles. The summed E-state index contributed by atoms with van der Waals surface area (Å²) in [5, 5.41) is 3.19. The fourth-order valence-electron chi connectivity index (χ4n) is 0.906. The highest BCUT2D eigenvalue weighted by atomic mass is 14.9.